The van der Waals surface area contributed by atoms with Gasteiger partial charge in [-0.15, -0.1) is 13.2 Å². The van der Waals surface area contributed by atoms with Gasteiger partial charge < -0.3 is 19.6 Å². The Balaban J connectivity index is 3.22. The molecule has 0 aromatic carbocycles. The summed E-state index contributed by atoms with van der Waals surface area (Å²) in [6.45, 7) is 2.85. The van der Waals surface area contributed by atoms with E-state index in [1.165, 1.54) is 6.92 Å². The molecule has 21 heavy (non-hydrogen) atoms. The number of hydrogen-bond acceptors (Lipinski definition) is 6. The molecular weight excluding hydrogens is 297 g/mol. The summed E-state index contributed by atoms with van der Waals surface area (Å²) in [7, 11) is 0. The van der Waals surface area contributed by atoms with Crippen LogP contribution in [0.4, 0.5) is 19.0 Å². The molecule has 0 saturated carbocycles. The summed E-state index contributed by atoms with van der Waals surface area (Å²) >= 11 is 0. The van der Waals surface area contributed by atoms with Crippen molar-refractivity contribution in [3.05, 3.63) is 27.3 Å². The van der Waals surface area contributed by atoms with Crippen LogP contribution in [0.5, 0.6) is 5.88 Å². The van der Waals surface area contributed by atoms with E-state index in [2.05, 4.69) is 14.5 Å². The second-order valence-corrected chi connectivity index (χ2v) is 3.86. The van der Waals surface area contributed by atoms with Crippen LogP contribution >= 0.6 is 0 Å². The Morgan fingerprint density at radius 2 is 2.10 bits per heavy atom. The number of nitro groups is 1. The number of alkyl halides is 3. The van der Waals surface area contributed by atoms with Crippen molar-refractivity contribution in [3.63, 3.8) is 0 Å². The van der Waals surface area contributed by atoms with Gasteiger partial charge in [0.25, 0.3) is 0 Å². The molecule has 0 spiro atoms. The lowest BCUT2D eigenvalue weighted by Gasteiger charge is -2.10. The number of halogens is 3. The summed E-state index contributed by atoms with van der Waals surface area (Å²) in [4.78, 5) is 24.3. The van der Waals surface area contributed by atoms with Gasteiger partial charge in [-0.05, 0) is 24.3 Å². The highest BCUT2D eigenvalue weighted by Crippen LogP contribution is 2.29. The minimum absolute atomic E-state index is 0.0191. The zero-order valence-corrected chi connectivity index (χ0v) is 11.1. The molecule has 1 rings (SSSR count). The summed E-state index contributed by atoms with van der Waals surface area (Å²) in [6.07, 6.45) is -5.47. The lowest BCUT2D eigenvalue weighted by Crippen LogP contribution is -2.20. The predicted octanol–water partition coefficient (Wildman–Crippen LogP) is 2.30. The van der Waals surface area contributed by atoms with Crippen molar-refractivity contribution in [1.82, 2.24) is 4.98 Å². The number of nitrogens with zero attached hydrogens (tertiary/aromatic N) is 2. The molecule has 0 atom stereocenters. The van der Waals surface area contributed by atoms with Crippen LogP contribution in [0, 0.1) is 17.0 Å². The first-order chi connectivity index (χ1) is 9.64. The molecule has 1 aromatic heterocycles. The summed E-state index contributed by atoms with van der Waals surface area (Å²) in [5.74, 6) is -2.53. The molecule has 7 nitrogen and oxygen atoms in total. The molecule has 116 valence electrons. The van der Waals surface area contributed by atoms with Gasteiger partial charge in [-0.3, -0.25) is 4.79 Å². The van der Waals surface area contributed by atoms with E-state index in [-0.39, 0.29) is 17.7 Å². The van der Waals surface area contributed by atoms with Gasteiger partial charge in [-0.2, -0.15) is 0 Å². The molecule has 0 radical (unpaired) electrons. The van der Waals surface area contributed by atoms with Gasteiger partial charge in [0.05, 0.1) is 13.0 Å². The van der Waals surface area contributed by atoms with Crippen LogP contribution in [0.3, 0.4) is 0 Å². The van der Waals surface area contributed by atoms with Crippen molar-refractivity contribution in [1.29, 1.82) is 0 Å². The van der Waals surface area contributed by atoms with Gasteiger partial charge >= 0.3 is 24.0 Å². The van der Waals surface area contributed by atoms with Gasteiger partial charge in [-0.25, -0.2) is 0 Å². The zero-order valence-electron chi connectivity index (χ0n) is 11.1. The van der Waals surface area contributed by atoms with Crippen LogP contribution in [-0.2, 0) is 16.0 Å². The van der Waals surface area contributed by atoms with Gasteiger partial charge in [0.1, 0.15) is 0 Å². The maximum Gasteiger partial charge on any atom is 0.575 e. The number of esters is 1. The summed E-state index contributed by atoms with van der Waals surface area (Å²) in [6, 6.07) is 0.912. The average Bonchev–Trinajstić information content (AvgIpc) is 2.32. The van der Waals surface area contributed by atoms with E-state index in [0.717, 1.165) is 6.07 Å². The van der Waals surface area contributed by atoms with E-state index >= 15 is 0 Å². The fourth-order valence-corrected chi connectivity index (χ4v) is 1.48. The Hall–Kier alpha value is -2.39. The normalized spacial score (nSPS) is 11.1. The minimum atomic E-state index is -5.05. The molecular formula is C11H11F3N2O5. The highest BCUT2D eigenvalue weighted by Gasteiger charge is 2.36. The van der Waals surface area contributed by atoms with Crippen LogP contribution in [0.2, 0.25) is 0 Å². The third-order valence-electron chi connectivity index (χ3n) is 2.36. The topological polar surface area (TPSA) is 91.6 Å². The number of carbonyl (C=O) groups is 1. The molecule has 0 aliphatic heterocycles. The molecule has 1 heterocycles. The minimum Gasteiger partial charge on any atom is -0.466 e. The Morgan fingerprint density at radius 1 is 1.48 bits per heavy atom. The summed E-state index contributed by atoms with van der Waals surface area (Å²) < 4.78 is 45.0. The fraction of sp³-hybridized carbons (Fsp3) is 0.455. The van der Waals surface area contributed by atoms with Gasteiger partial charge in [-0.1, -0.05) is 0 Å². The number of hydrogen-bond donors (Lipinski definition) is 0. The van der Waals surface area contributed by atoms with Crippen LogP contribution in [0.1, 0.15) is 18.1 Å². The third kappa shape index (κ3) is 4.89. The molecule has 0 aliphatic rings. The van der Waals surface area contributed by atoms with E-state index in [0.29, 0.717) is 0 Å². The van der Waals surface area contributed by atoms with Crippen molar-refractivity contribution in [2.24, 2.45) is 0 Å². The standard InChI is InChI=1S/C11H11F3N2O5/c1-3-20-9(17)5-7-4-8(16(18)19)15-10(6(7)2)21-11(12,13)14/h4H,3,5H2,1-2H3. The van der Waals surface area contributed by atoms with E-state index < -0.39 is 35.4 Å². The van der Waals surface area contributed by atoms with Crippen LogP contribution in [0.25, 0.3) is 0 Å². The van der Waals surface area contributed by atoms with E-state index in [4.69, 9.17) is 0 Å². The third-order valence-corrected chi connectivity index (χ3v) is 2.36. The maximum absolute atomic E-state index is 12.2. The lowest BCUT2D eigenvalue weighted by molar-refractivity contribution is -0.390. The molecule has 0 saturated heterocycles. The smallest absolute Gasteiger partial charge is 0.466 e. The maximum atomic E-state index is 12.2. The van der Waals surface area contributed by atoms with E-state index in [1.54, 1.807) is 6.92 Å². The Kier molecular flexibility index (Phi) is 5.06. The lowest BCUT2D eigenvalue weighted by atomic mass is 10.1. The van der Waals surface area contributed by atoms with Crippen molar-refractivity contribution < 1.29 is 32.4 Å². The SMILES string of the molecule is CCOC(=O)Cc1cc([N+](=O)[O-])nc(OC(F)(F)F)c1C. The predicted molar refractivity (Wildman–Crippen MR) is 62.6 cm³/mol. The fourth-order valence-electron chi connectivity index (χ4n) is 1.48. The summed E-state index contributed by atoms with van der Waals surface area (Å²) in [5, 5.41) is 10.7. The molecule has 0 fully saturated rings. The van der Waals surface area contributed by atoms with Crippen molar-refractivity contribution in [2.75, 3.05) is 6.61 Å². The molecule has 0 bridgehead atoms. The van der Waals surface area contributed by atoms with Crippen LogP contribution < -0.4 is 4.74 Å². The molecule has 1 aromatic rings. The monoisotopic (exact) mass is 308 g/mol. The number of ether oxygens (including phenoxy) is 2. The summed E-state index contributed by atoms with van der Waals surface area (Å²) in [5.41, 5.74) is -0.139. The first kappa shape index (κ1) is 16.7. The van der Waals surface area contributed by atoms with Crippen molar-refractivity contribution >= 4 is 11.8 Å². The highest BCUT2D eigenvalue weighted by atomic mass is 19.4. The zero-order chi connectivity index (χ0) is 16.2. The van der Waals surface area contributed by atoms with E-state index in [1.807, 2.05) is 0 Å². The first-order valence-corrected chi connectivity index (χ1v) is 5.70. The van der Waals surface area contributed by atoms with E-state index in [9.17, 15) is 28.1 Å². The van der Waals surface area contributed by atoms with Crippen molar-refractivity contribution in [2.45, 2.75) is 26.6 Å². The number of aromatic nitrogens is 1. The van der Waals surface area contributed by atoms with Crippen molar-refractivity contribution in [3.8, 4) is 5.88 Å². The average molecular weight is 308 g/mol. The number of rotatable bonds is 5. The quantitative estimate of drug-likeness (QED) is 0.471. The molecule has 0 N–H and O–H groups in total. The Bertz CT molecular complexity index is 560. The second kappa shape index (κ2) is 6.37. The number of pyridine rings is 1. The highest BCUT2D eigenvalue weighted by molar-refractivity contribution is 5.73. The first-order valence-electron chi connectivity index (χ1n) is 5.70. The largest absolute Gasteiger partial charge is 0.575 e. The Morgan fingerprint density at radius 3 is 2.57 bits per heavy atom. The van der Waals surface area contributed by atoms with Gasteiger partial charge in [0.2, 0.25) is 0 Å². The van der Waals surface area contributed by atoms with Crippen LogP contribution in [-0.4, -0.2) is 28.8 Å². The molecule has 0 unspecified atom stereocenters. The molecule has 0 aliphatic carbocycles. The number of carbonyl (C=O) groups excluding carboxylic acids is 1. The second-order valence-electron chi connectivity index (χ2n) is 3.86. The van der Waals surface area contributed by atoms with Crippen LogP contribution in [0.15, 0.2) is 6.07 Å². The van der Waals surface area contributed by atoms with Gasteiger partial charge in [0, 0.05) is 16.6 Å². The molecule has 10 heteroatoms. The van der Waals surface area contributed by atoms with Gasteiger partial charge in [0.15, 0.2) is 0 Å². The Labute approximate surface area is 116 Å². The molecule has 0 amide bonds.